The van der Waals surface area contributed by atoms with Crippen LogP contribution in [0.3, 0.4) is 0 Å². The van der Waals surface area contributed by atoms with E-state index in [0.29, 0.717) is 10.7 Å². The zero-order valence-electron chi connectivity index (χ0n) is 11.8. The zero-order chi connectivity index (χ0) is 14.3. The molecule has 19 heavy (non-hydrogen) atoms. The van der Waals surface area contributed by atoms with Crippen LogP contribution in [0.1, 0.15) is 48.6 Å². The van der Waals surface area contributed by atoms with Gasteiger partial charge in [0.25, 0.3) is 0 Å². The quantitative estimate of drug-likeness (QED) is 0.941. The summed E-state index contributed by atoms with van der Waals surface area (Å²) in [6.07, 6.45) is 0.757. The molecule has 0 aliphatic rings. The van der Waals surface area contributed by atoms with Gasteiger partial charge in [0.1, 0.15) is 6.10 Å². The Morgan fingerprint density at radius 2 is 1.95 bits per heavy atom. The Balaban J connectivity index is 2.56. The molecule has 0 radical (unpaired) electrons. The minimum absolute atomic E-state index is 0.134. The molecule has 0 saturated carbocycles. The van der Waals surface area contributed by atoms with E-state index in [4.69, 9.17) is 11.6 Å². The molecule has 0 fully saturated rings. The summed E-state index contributed by atoms with van der Waals surface area (Å²) in [7, 11) is 1.86. The van der Waals surface area contributed by atoms with E-state index in [1.54, 1.807) is 15.6 Å². The number of hydrogen-bond acceptors (Lipinski definition) is 3. The molecule has 1 unspecified atom stereocenters. The first-order chi connectivity index (χ1) is 8.84. The third kappa shape index (κ3) is 2.28. The maximum Gasteiger partial charge on any atom is 0.126 e. The zero-order valence-corrected chi connectivity index (χ0v) is 12.6. The van der Waals surface area contributed by atoms with Crippen molar-refractivity contribution in [2.24, 2.45) is 7.05 Å². The first kappa shape index (κ1) is 14.1. The summed E-state index contributed by atoms with van der Waals surface area (Å²) in [6.45, 7) is 7.82. The smallest absolute Gasteiger partial charge is 0.126 e. The second-order valence-electron chi connectivity index (χ2n) is 5.03. The van der Waals surface area contributed by atoms with Crippen molar-refractivity contribution in [1.82, 2.24) is 19.6 Å². The average molecular weight is 283 g/mol. The van der Waals surface area contributed by atoms with Crippen LogP contribution < -0.4 is 0 Å². The van der Waals surface area contributed by atoms with Gasteiger partial charge in [-0.15, -0.1) is 0 Å². The van der Waals surface area contributed by atoms with Gasteiger partial charge in [-0.05, 0) is 27.7 Å². The van der Waals surface area contributed by atoms with Crippen molar-refractivity contribution in [3.05, 3.63) is 33.9 Å². The van der Waals surface area contributed by atoms with E-state index in [9.17, 15) is 5.11 Å². The first-order valence-electron chi connectivity index (χ1n) is 6.25. The van der Waals surface area contributed by atoms with Crippen molar-refractivity contribution >= 4 is 11.6 Å². The molecule has 0 aliphatic heterocycles. The summed E-state index contributed by atoms with van der Waals surface area (Å²) in [5.74, 6) is 0. The van der Waals surface area contributed by atoms with E-state index in [-0.39, 0.29) is 6.04 Å². The lowest BCUT2D eigenvalue weighted by Crippen LogP contribution is -2.13. The number of rotatable bonds is 3. The summed E-state index contributed by atoms with van der Waals surface area (Å²) in [6, 6.07) is 0.134. The molecular formula is C13H19ClN4O. The monoisotopic (exact) mass is 282 g/mol. The van der Waals surface area contributed by atoms with Crippen LogP contribution in [0.5, 0.6) is 0 Å². The molecule has 1 N–H and O–H groups in total. The Kier molecular flexibility index (Phi) is 3.69. The highest BCUT2D eigenvalue weighted by Gasteiger charge is 2.26. The number of halogens is 1. The third-order valence-corrected chi connectivity index (χ3v) is 3.66. The minimum Gasteiger partial charge on any atom is -0.382 e. The van der Waals surface area contributed by atoms with Crippen LogP contribution in [0.25, 0.3) is 0 Å². The van der Waals surface area contributed by atoms with Crippen LogP contribution in [0.15, 0.2) is 6.20 Å². The number of aliphatic hydroxyl groups is 1. The van der Waals surface area contributed by atoms with Gasteiger partial charge < -0.3 is 5.11 Å². The maximum absolute atomic E-state index is 10.7. The lowest BCUT2D eigenvalue weighted by Gasteiger charge is -2.17. The molecule has 0 aliphatic carbocycles. The van der Waals surface area contributed by atoms with Gasteiger partial charge in [-0.3, -0.25) is 9.36 Å². The largest absolute Gasteiger partial charge is 0.382 e. The fourth-order valence-corrected chi connectivity index (χ4v) is 2.57. The molecule has 0 saturated heterocycles. The van der Waals surface area contributed by atoms with Crippen molar-refractivity contribution in [2.75, 3.05) is 0 Å². The summed E-state index contributed by atoms with van der Waals surface area (Å²) >= 11 is 6.17. The molecule has 1 atom stereocenters. The molecule has 0 aromatic carbocycles. The molecular weight excluding hydrogens is 264 g/mol. The van der Waals surface area contributed by atoms with Crippen molar-refractivity contribution < 1.29 is 5.11 Å². The Morgan fingerprint density at radius 1 is 1.32 bits per heavy atom. The van der Waals surface area contributed by atoms with Gasteiger partial charge in [-0.1, -0.05) is 11.6 Å². The van der Waals surface area contributed by atoms with E-state index in [1.165, 1.54) is 0 Å². The van der Waals surface area contributed by atoms with Crippen LogP contribution in [-0.4, -0.2) is 24.7 Å². The highest BCUT2D eigenvalue weighted by Crippen LogP contribution is 2.32. The summed E-state index contributed by atoms with van der Waals surface area (Å²) in [5, 5.41) is 19.7. The normalized spacial score (nSPS) is 13.3. The average Bonchev–Trinajstić information content (AvgIpc) is 2.81. The highest BCUT2D eigenvalue weighted by atomic mass is 35.5. The van der Waals surface area contributed by atoms with Crippen molar-refractivity contribution in [3.8, 4) is 0 Å². The molecule has 0 bridgehead atoms. The Morgan fingerprint density at radius 3 is 2.42 bits per heavy atom. The van der Waals surface area contributed by atoms with Gasteiger partial charge >= 0.3 is 0 Å². The van der Waals surface area contributed by atoms with Gasteiger partial charge in [0.2, 0.25) is 0 Å². The van der Waals surface area contributed by atoms with E-state index in [0.717, 1.165) is 17.0 Å². The number of aliphatic hydroxyl groups excluding tert-OH is 1. The standard InChI is InChI=1S/C13H19ClN4O/c1-7(2)18-12(10(14)6-15-18)13(19)11-8(3)16-17(5)9(11)4/h6-7,13,19H,1-5H3. The van der Waals surface area contributed by atoms with Gasteiger partial charge in [0.15, 0.2) is 0 Å². The van der Waals surface area contributed by atoms with Crippen molar-refractivity contribution in [1.29, 1.82) is 0 Å². The highest BCUT2D eigenvalue weighted by molar-refractivity contribution is 6.31. The molecule has 2 heterocycles. The van der Waals surface area contributed by atoms with Gasteiger partial charge in [0, 0.05) is 24.3 Å². The predicted octanol–water partition coefficient (Wildman–Crippen LogP) is 2.55. The molecule has 2 aromatic heterocycles. The molecule has 2 rings (SSSR count). The third-order valence-electron chi connectivity index (χ3n) is 3.37. The van der Waals surface area contributed by atoms with Crippen LogP contribution in [-0.2, 0) is 7.05 Å². The predicted molar refractivity (Wildman–Crippen MR) is 74.4 cm³/mol. The Hall–Kier alpha value is -1.33. The second-order valence-corrected chi connectivity index (χ2v) is 5.43. The number of aromatic nitrogens is 4. The molecule has 6 heteroatoms. The Bertz CT molecular complexity index is 600. The summed E-state index contributed by atoms with van der Waals surface area (Å²) < 4.78 is 3.51. The summed E-state index contributed by atoms with van der Waals surface area (Å²) in [5.41, 5.74) is 3.15. The van der Waals surface area contributed by atoms with E-state index in [1.807, 2.05) is 34.7 Å². The lowest BCUT2D eigenvalue weighted by atomic mass is 10.0. The van der Waals surface area contributed by atoms with Crippen LogP contribution in [0.2, 0.25) is 5.02 Å². The van der Waals surface area contributed by atoms with E-state index >= 15 is 0 Å². The van der Waals surface area contributed by atoms with Crippen LogP contribution >= 0.6 is 11.6 Å². The number of aryl methyl sites for hydroxylation is 2. The number of nitrogens with zero attached hydrogens (tertiary/aromatic N) is 4. The maximum atomic E-state index is 10.7. The molecule has 5 nitrogen and oxygen atoms in total. The minimum atomic E-state index is -0.814. The SMILES string of the molecule is Cc1nn(C)c(C)c1C(O)c1c(Cl)cnn1C(C)C. The van der Waals surface area contributed by atoms with Gasteiger partial charge in [0.05, 0.1) is 22.6 Å². The van der Waals surface area contributed by atoms with E-state index < -0.39 is 6.10 Å². The van der Waals surface area contributed by atoms with Crippen LogP contribution in [0.4, 0.5) is 0 Å². The lowest BCUT2D eigenvalue weighted by molar-refractivity contribution is 0.203. The fourth-order valence-electron chi connectivity index (χ4n) is 2.34. The second kappa shape index (κ2) is 4.98. The fraction of sp³-hybridized carbons (Fsp3) is 0.538. The molecule has 0 spiro atoms. The van der Waals surface area contributed by atoms with Crippen LogP contribution in [0, 0.1) is 13.8 Å². The van der Waals surface area contributed by atoms with Crippen molar-refractivity contribution in [3.63, 3.8) is 0 Å². The molecule has 0 amide bonds. The van der Waals surface area contributed by atoms with Gasteiger partial charge in [-0.25, -0.2) is 0 Å². The first-order valence-corrected chi connectivity index (χ1v) is 6.63. The van der Waals surface area contributed by atoms with E-state index in [2.05, 4.69) is 10.2 Å². The topological polar surface area (TPSA) is 55.9 Å². The number of hydrogen-bond donors (Lipinski definition) is 1. The van der Waals surface area contributed by atoms with Crippen molar-refractivity contribution in [2.45, 2.75) is 39.8 Å². The molecule has 104 valence electrons. The Labute approximate surface area is 117 Å². The molecule has 2 aromatic rings. The van der Waals surface area contributed by atoms with Gasteiger partial charge in [-0.2, -0.15) is 10.2 Å². The summed E-state index contributed by atoms with van der Waals surface area (Å²) in [4.78, 5) is 0.